The van der Waals surface area contributed by atoms with E-state index in [0.717, 1.165) is 40.9 Å². The molecule has 1 saturated carbocycles. The molecule has 0 saturated heterocycles. The highest BCUT2D eigenvalue weighted by molar-refractivity contribution is 6.00. The van der Waals surface area contributed by atoms with Crippen molar-refractivity contribution in [3.05, 3.63) is 41.6 Å². The van der Waals surface area contributed by atoms with Crippen LogP contribution in [0.2, 0.25) is 0 Å². The summed E-state index contributed by atoms with van der Waals surface area (Å²) in [4.78, 5) is 17.1. The zero-order chi connectivity index (χ0) is 14.1. The maximum absolute atomic E-state index is 12.6. The average Bonchev–Trinajstić information content (AvgIpc) is 2.95. The van der Waals surface area contributed by atoms with E-state index in [9.17, 15) is 4.79 Å². The van der Waals surface area contributed by atoms with Crippen LogP contribution in [0, 0.1) is 18.8 Å². The Morgan fingerprint density at radius 3 is 2.85 bits per heavy atom. The Labute approximate surface area is 120 Å². The number of pyridine rings is 1. The highest BCUT2D eigenvalue weighted by Gasteiger charge is 2.29. The minimum atomic E-state index is 0.232. The van der Waals surface area contributed by atoms with E-state index < -0.39 is 0 Å². The Balaban J connectivity index is 1.87. The molecule has 2 aromatic rings. The van der Waals surface area contributed by atoms with E-state index in [1.807, 2.05) is 31.2 Å². The molecule has 2 unspecified atom stereocenters. The third kappa shape index (κ3) is 2.47. The fraction of sp³-hybridized carbons (Fsp3) is 0.444. The number of rotatable bonds is 3. The second-order valence-corrected chi connectivity index (χ2v) is 6.01. The maximum atomic E-state index is 12.6. The first-order valence-electron chi connectivity index (χ1n) is 7.59. The molecule has 1 aromatic heterocycles. The van der Waals surface area contributed by atoms with Crippen LogP contribution in [-0.4, -0.2) is 10.8 Å². The lowest BCUT2D eigenvalue weighted by Gasteiger charge is -2.10. The van der Waals surface area contributed by atoms with Gasteiger partial charge in [-0.25, -0.2) is 0 Å². The van der Waals surface area contributed by atoms with Gasteiger partial charge in [-0.2, -0.15) is 0 Å². The molecule has 2 atom stereocenters. The molecule has 0 spiro atoms. The van der Waals surface area contributed by atoms with Crippen LogP contribution in [0.5, 0.6) is 0 Å². The molecule has 0 radical (unpaired) electrons. The Bertz CT molecular complexity index is 647. The summed E-state index contributed by atoms with van der Waals surface area (Å²) < 4.78 is 0. The number of fused-ring (bicyclic) bond motifs is 1. The first-order valence-corrected chi connectivity index (χ1v) is 7.59. The van der Waals surface area contributed by atoms with Crippen LogP contribution in [0.25, 0.3) is 10.9 Å². The van der Waals surface area contributed by atoms with Gasteiger partial charge in [-0.1, -0.05) is 19.4 Å². The van der Waals surface area contributed by atoms with E-state index in [4.69, 9.17) is 0 Å². The Kier molecular flexibility index (Phi) is 3.56. The van der Waals surface area contributed by atoms with Gasteiger partial charge >= 0.3 is 0 Å². The Morgan fingerprint density at radius 1 is 1.25 bits per heavy atom. The van der Waals surface area contributed by atoms with Crippen LogP contribution in [0.4, 0.5) is 0 Å². The molecule has 1 aliphatic rings. The van der Waals surface area contributed by atoms with Gasteiger partial charge in [0.2, 0.25) is 0 Å². The number of aromatic nitrogens is 1. The number of aryl methyl sites for hydroxylation is 1. The molecule has 20 heavy (non-hydrogen) atoms. The summed E-state index contributed by atoms with van der Waals surface area (Å²) >= 11 is 0. The lowest BCUT2D eigenvalue weighted by molar-refractivity contribution is 0.0920. The van der Waals surface area contributed by atoms with Crippen molar-refractivity contribution in [3.8, 4) is 0 Å². The average molecular weight is 267 g/mol. The summed E-state index contributed by atoms with van der Waals surface area (Å²) in [6, 6.07) is 9.97. The van der Waals surface area contributed by atoms with Crippen molar-refractivity contribution < 1.29 is 4.79 Å². The van der Waals surface area contributed by atoms with E-state index in [0.29, 0.717) is 5.78 Å². The first-order chi connectivity index (χ1) is 9.67. The summed E-state index contributed by atoms with van der Waals surface area (Å²) in [5.41, 5.74) is 2.84. The summed E-state index contributed by atoms with van der Waals surface area (Å²) in [5, 5.41) is 1.06. The molecular weight excluding hydrogens is 246 g/mol. The van der Waals surface area contributed by atoms with E-state index in [1.165, 1.54) is 12.8 Å². The number of hydrogen-bond donors (Lipinski definition) is 0. The minimum Gasteiger partial charge on any atom is -0.294 e. The highest BCUT2D eigenvalue weighted by atomic mass is 16.1. The second-order valence-electron chi connectivity index (χ2n) is 6.01. The SMILES string of the molecule is CCC1CCC(C(=O)c2ccc3nc(C)ccc3c2)C1. The predicted molar refractivity (Wildman–Crippen MR) is 81.9 cm³/mol. The van der Waals surface area contributed by atoms with E-state index in [2.05, 4.69) is 18.0 Å². The summed E-state index contributed by atoms with van der Waals surface area (Å²) in [6.45, 7) is 4.21. The summed E-state index contributed by atoms with van der Waals surface area (Å²) in [5.74, 6) is 1.30. The molecule has 1 heterocycles. The number of Topliss-reactive ketones (excluding diaryl/α,β-unsaturated/α-hetero) is 1. The zero-order valence-corrected chi connectivity index (χ0v) is 12.2. The summed E-state index contributed by atoms with van der Waals surface area (Å²) in [7, 11) is 0. The van der Waals surface area contributed by atoms with Gasteiger partial charge in [0.05, 0.1) is 5.52 Å². The second kappa shape index (κ2) is 5.35. The van der Waals surface area contributed by atoms with Crippen LogP contribution >= 0.6 is 0 Å². The monoisotopic (exact) mass is 267 g/mol. The molecule has 104 valence electrons. The van der Waals surface area contributed by atoms with E-state index in [-0.39, 0.29) is 5.92 Å². The largest absolute Gasteiger partial charge is 0.294 e. The molecule has 1 aliphatic carbocycles. The number of nitrogens with zero attached hydrogens (tertiary/aromatic N) is 1. The van der Waals surface area contributed by atoms with Gasteiger partial charge in [0, 0.05) is 22.6 Å². The van der Waals surface area contributed by atoms with Crippen molar-refractivity contribution in [2.75, 3.05) is 0 Å². The van der Waals surface area contributed by atoms with E-state index in [1.54, 1.807) is 0 Å². The van der Waals surface area contributed by atoms with Gasteiger partial charge in [0.25, 0.3) is 0 Å². The lowest BCUT2D eigenvalue weighted by atomic mass is 9.94. The van der Waals surface area contributed by atoms with Gasteiger partial charge in [-0.15, -0.1) is 0 Å². The molecule has 0 bridgehead atoms. The van der Waals surface area contributed by atoms with Crippen molar-refractivity contribution in [1.29, 1.82) is 0 Å². The molecule has 3 rings (SSSR count). The molecule has 0 aliphatic heterocycles. The van der Waals surface area contributed by atoms with E-state index >= 15 is 0 Å². The highest BCUT2D eigenvalue weighted by Crippen LogP contribution is 2.35. The molecule has 0 amide bonds. The van der Waals surface area contributed by atoms with Crippen LogP contribution in [0.15, 0.2) is 30.3 Å². The third-order valence-electron chi connectivity index (χ3n) is 4.60. The normalized spacial score (nSPS) is 22.3. The maximum Gasteiger partial charge on any atom is 0.165 e. The van der Waals surface area contributed by atoms with Crippen LogP contribution in [0.1, 0.15) is 48.7 Å². The molecule has 2 heteroatoms. The topological polar surface area (TPSA) is 30.0 Å². The van der Waals surface area contributed by atoms with Crippen molar-refractivity contribution in [1.82, 2.24) is 4.98 Å². The smallest absolute Gasteiger partial charge is 0.165 e. The van der Waals surface area contributed by atoms with Gasteiger partial charge in [-0.05, 0) is 56.4 Å². The standard InChI is InChI=1S/C18H21NO/c1-3-13-5-7-15(10-13)18(20)16-8-9-17-14(11-16)6-4-12(2)19-17/h4,6,8-9,11,13,15H,3,5,7,10H2,1-2H3. The number of benzene rings is 1. The number of carbonyl (C=O) groups is 1. The Hall–Kier alpha value is -1.70. The lowest BCUT2D eigenvalue weighted by Crippen LogP contribution is -2.11. The fourth-order valence-electron chi connectivity index (χ4n) is 3.30. The Morgan fingerprint density at radius 2 is 2.10 bits per heavy atom. The third-order valence-corrected chi connectivity index (χ3v) is 4.60. The predicted octanol–water partition coefficient (Wildman–Crippen LogP) is 4.55. The van der Waals surface area contributed by atoms with Crippen molar-refractivity contribution >= 4 is 16.7 Å². The summed E-state index contributed by atoms with van der Waals surface area (Å²) in [6.07, 6.45) is 4.53. The minimum absolute atomic E-state index is 0.232. The van der Waals surface area contributed by atoms with Gasteiger partial charge in [0.1, 0.15) is 0 Å². The van der Waals surface area contributed by atoms with Crippen LogP contribution < -0.4 is 0 Å². The molecule has 2 nitrogen and oxygen atoms in total. The molecule has 1 aromatic carbocycles. The number of hydrogen-bond acceptors (Lipinski definition) is 2. The quantitative estimate of drug-likeness (QED) is 0.763. The van der Waals surface area contributed by atoms with Crippen molar-refractivity contribution in [3.63, 3.8) is 0 Å². The van der Waals surface area contributed by atoms with Crippen molar-refractivity contribution in [2.45, 2.75) is 39.5 Å². The van der Waals surface area contributed by atoms with Crippen LogP contribution in [0.3, 0.4) is 0 Å². The van der Waals surface area contributed by atoms with Gasteiger partial charge in [0.15, 0.2) is 5.78 Å². The first kappa shape index (κ1) is 13.3. The molecule has 0 N–H and O–H groups in total. The van der Waals surface area contributed by atoms with Crippen molar-refractivity contribution in [2.24, 2.45) is 11.8 Å². The fourth-order valence-corrected chi connectivity index (χ4v) is 3.30. The van der Waals surface area contributed by atoms with Crippen LogP contribution in [-0.2, 0) is 0 Å². The zero-order valence-electron chi connectivity index (χ0n) is 12.2. The van der Waals surface area contributed by atoms with Gasteiger partial charge in [-0.3, -0.25) is 9.78 Å². The number of carbonyl (C=O) groups excluding carboxylic acids is 1. The van der Waals surface area contributed by atoms with Gasteiger partial charge < -0.3 is 0 Å². The molecule has 1 fully saturated rings. The molecular formula is C18H21NO. The number of ketones is 1.